The number of aromatic nitrogens is 2. The Morgan fingerprint density at radius 1 is 1.03 bits per heavy atom. The van der Waals surface area contributed by atoms with E-state index in [9.17, 15) is 0 Å². The van der Waals surface area contributed by atoms with Crippen LogP contribution in [0.3, 0.4) is 0 Å². The first-order chi connectivity index (χ1) is 15.2. The molecule has 0 spiro atoms. The Kier molecular flexibility index (Phi) is 4.98. The minimum absolute atomic E-state index is 0.233. The molecule has 4 aromatic rings. The quantitative estimate of drug-likeness (QED) is 0.461. The van der Waals surface area contributed by atoms with E-state index < -0.39 is 0 Å². The number of ether oxygens (including phenoxy) is 2. The van der Waals surface area contributed by atoms with E-state index in [1.54, 1.807) is 17.4 Å². The Morgan fingerprint density at radius 3 is 2.77 bits per heavy atom. The summed E-state index contributed by atoms with van der Waals surface area (Å²) in [7, 11) is 0. The molecule has 1 aliphatic rings. The molecule has 3 heterocycles. The molecule has 6 nitrogen and oxygen atoms in total. The third kappa shape index (κ3) is 3.93. The molecular weight excluding hydrogens is 408 g/mol. The lowest BCUT2D eigenvalue weighted by Gasteiger charge is -2.04. The zero-order valence-electron chi connectivity index (χ0n) is 16.8. The van der Waals surface area contributed by atoms with Crippen molar-refractivity contribution >= 4 is 16.5 Å². The highest BCUT2D eigenvalue weighted by Gasteiger charge is 2.20. The highest BCUT2D eigenvalue weighted by Crippen LogP contribution is 2.42. The van der Waals surface area contributed by atoms with Gasteiger partial charge in [-0.1, -0.05) is 29.5 Å². The van der Waals surface area contributed by atoms with Crippen LogP contribution in [-0.4, -0.2) is 16.8 Å². The molecule has 0 bridgehead atoms. The van der Waals surface area contributed by atoms with Crippen molar-refractivity contribution in [3.8, 4) is 39.4 Å². The maximum atomic E-state index is 9.12. The second-order valence-corrected chi connectivity index (χ2v) is 8.09. The van der Waals surface area contributed by atoms with Gasteiger partial charge in [0.15, 0.2) is 16.6 Å². The van der Waals surface area contributed by atoms with Crippen LogP contribution in [0.4, 0.5) is 5.13 Å². The molecule has 0 aliphatic carbocycles. The van der Waals surface area contributed by atoms with Gasteiger partial charge in [-0.05, 0) is 55.0 Å². The molecule has 152 valence electrons. The molecule has 0 atom stereocenters. The topological polar surface area (TPSA) is 80.1 Å². The van der Waals surface area contributed by atoms with Crippen LogP contribution >= 0.6 is 11.3 Å². The second-order valence-electron chi connectivity index (χ2n) is 7.09. The van der Waals surface area contributed by atoms with Crippen LogP contribution in [0.1, 0.15) is 16.8 Å². The van der Waals surface area contributed by atoms with Gasteiger partial charge in [0.05, 0.1) is 27.9 Å². The number of nitrogens with zero attached hydrogens (tertiary/aromatic N) is 3. The fraction of sp³-hybridized carbons (Fsp3) is 0.125. The van der Waals surface area contributed by atoms with Gasteiger partial charge in [0.2, 0.25) is 6.79 Å². The molecule has 0 saturated carbocycles. The van der Waals surface area contributed by atoms with Crippen molar-refractivity contribution in [2.45, 2.75) is 13.5 Å². The fourth-order valence-corrected chi connectivity index (χ4v) is 4.36. The van der Waals surface area contributed by atoms with Gasteiger partial charge < -0.3 is 14.8 Å². The predicted molar refractivity (Wildman–Crippen MR) is 120 cm³/mol. The SMILES string of the molecule is Cc1cccc(-c2sc(NCc3cccc(C#N)c3)nc2-c2ccc3c(c2)OCO3)n1. The minimum Gasteiger partial charge on any atom is -0.454 e. The van der Waals surface area contributed by atoms with E-state index in [2.05, 4.69) is 11.4 Å². The van der Waals surface area contributed by atoms with Crippen molar-refractivity contribution in [3.05, 3.63) is 77.5 Å². The minimum atomic E-state index is 0.233. The molecule has 31 heavy (non-hydrogen) atoms. The number of hydrogen-bond acceptors (Lipinski definition) is 7. The second kappa shape index (κ2) is 8.09. The number of fused-ring (bicyclic) bond motifs is 1. The summed E-state index contributed by atoms with van der Waals surface area (Å²) in [5.74, 6) is 1.46. The van der Waals surface area contributed by atoms with E-state index in [-0.39, 0.29) is 6.79 Å². The van der Waals surface area contributed by atoms with Crippen LogP contribution in [0.25, 0.3) is 21.8 Å². The Hall–Kier alpha value is -3.89. The van der Waals surface area contributed by atoms with E-state index in [0.717, 1.165) is 49.7 Å². The van der Waals surface area contributed by atoms with Gasteiger partial charge in [0, 0.05) is 17.8 Å². The number of thiazole rings is 1. The lowest BCUT2D eigenvalue weighted by Crippen LogP contribution is -1.99. The van der Waals surface area contributed by atoms with Crippen molar-refractivity contribution in [3.63, 3.8) is 0 Å². The highest BCUT2D eigenvalue weighted by molar-refractivity contribution is 7.19. The van der Waals surface area contributed by atoms with Crippen molar-refractivity contribution in [2.24, 2.45) is 0 Å². The zero-order chi connectivity index (χ0) is 21.2. The maximum Gasteiger partial charge on any atom is 0.231 e. The summed E-state index contributed by atoms with van der Waals surface area (Å²) in [4.78, 5) is 10.6. The van der Waals surface area contributed by atoms with E-state index in [4.69, 9.17) is 24.7 Å². The Balaban J connectivity index is 1.51. The van der Waals surface area contributed by atoms with Crippen molar-refractivity contribution in [1.82, 2.24) is 9.97 Å². The molecule has 5 rings (SSSR count). The average molecular weight is 427 g/mol. The molecule has 7 heteroatoms. The highest BCUT2D eigenvalue weighted by atomic mass is 32.1. The van der Waals surface area contributed by atoms with E-state index >= 15 is 0 Å². The molecule has 2 aromatic carbocycles. The zero-order valence-corrected chi connectivity index (χ0v) is 17.6. The Morgan fingerprint density at radius 2 is 1.90 bits per heavy atom. The molecule has 0 saturated heterocycles. The van der Waals surface area contributed by atoms with Gasteiger partial charge in [0.25, 0.3) is 0 Å². The largest absolute Gasteiger partial charge is 0.454 e. The summed E-state index contributed by atoms with van der Waals surface area (Å²) in [5.41, 5.74) is 5.28. The monoisotopic (exact) mass is 426 g/mol. The standard InChI is InChI=1S/C24H18N4O2S/c1-15-4-2-7-19(27-15)23-22(18-8-9-20-21(11-18)30-14-29-20)28-24(31-23)26-13-17-6-3-5-16(10-17)12-25/h2-11H,13-14H2,1H3,(H,26,28). The van der Waals surface area contributed by atoms with Crippen LogP contribution in [0.15, 0.2) is 60.7 Å². The molecule has 0 radical (unpaired) electrons. The first-order valence-electron chi connectivity index (χ1n) is 9.77. The first-order valence-corrected chi connectivity index (χ1v) is 10.6. The number of aryl methyl sites for hydroxylation is 1. The van der Waals surface area contributed by atoms with Gasteiger partial charge in [-0.25, -0.2) is 4.98 Å². The smallest absolute Gasteiger partial charge is 0.231 e. The fourth-order valence-electron chi connectivity index (χ4n) is 3.41. The van der Waals surface area contributed by atoms with Crippen LogP contribution in [0.5, 0.6) is 11.5 Å². The number of hydrogen-bond donors (Lipinski definition) is 1. The van der Waals surface area contributed by atoms with Crippen LogP contribution in [0, 0.1) is 18.3 Å². The van der Waals surface area contributed by atoms with Crippen LogP contribution in [0.2, 0.25) is 0 Å². The summed E-state index contributed by atoms with van der Waals surface area (Å²) in [6.45, 7) is 2.78. The van der Waals surface area contributed by atoms with Gasteiger partial charge in [0.1, 0.15) is 0 Å². The maximum absolute atomic E-state index is 9.12. The van der Waals surface area contributed by atoms with Gasteiger partial charge in [-0.3, -0.25) is 4.98 Å². The molecular formula is C24H18N4O2S. The average Bonchev–Trinajstić information content (AvgIpc) is 3.44. The summed E-state index contributed by atoms with van der Waals surface area (Å²) in [6, 6.07) is 21.6. The van der Waals surface area contributed by atoms with E-state index in [1.807, 2.05) is 61.5 Å². The van der Waals surface area contributed by atoms with Crippen LogP contribution < -0.4 is 14.8 Å². The summed E-state index contributed by atoms with van der Waals surface area (Å²) >= 11 is 1.56. The third-order valence-electron chi connectivity index (χ3n) is 4.89. The number of benzene rings is 2. The van der Waals surface area contributed by atoms with Crippen molar-refractivity contribution < 1.29 is 9.47 Å². The predicted octanol–water partition coefficient (Wildman–Crippen LogP) is 5.39. The number of nitriles is 1. The number of anilines is 1. The van der Waals surface area contributed by atoms with Gasteiger partial charge in [-0.2, -0.15) is 5.26 Å². The van der Waals surface area contributed by atoms with Gasteiger partial charge in [-0.15, -0.1) is 0 Å². The molecule has 1 aliphatic heterocycles. The lowest BCUT2D eigenvalue weighted by molar-refractivity contribution is 0.174. The molecule has 0 amide bonds. The molecule has 2 aromatic heterocycles. The van der Waals surface area contributed by atoms with E-state index in [0.29, 0.717) is 12.1 Å². The van der Waals surface area contributed by atoms with E-state index in [1.165, 1.54) is 0 Å². The summed E-state index contributed by atoms with van der Waals surface area (Å²) in [5, 5.41) is 13.3. The Labute approximate surface area is 183 Å². The first kappa shape index (κ1) is 19.1. The number of rotatable bonds is 5. The summed E-state index contributed by atoms with van der Waals surface area (Å²) < 4.78 is 11.0. The van der Waals surface area contributed by atoms with Crippen molar-refractivity contribution in [1.29, 1.82) is 5.26 Å². The number of pyridine rings is 1. The Bertz CT molecular complexity index is 1310. The van der Waals surface area contributed by atoms with Crippen LogP contribution in [-0.2, 0) is 6.54 Å². The normalized spacial score (nSPS) is 11.9. The summed E-state index contributed by atoms with van der Waals surface area (Å²) in [6.07, 6.45) is 0. The number of nitrogens with one attached hydrogen (secondary N) is 1. The van der Waals surface area contributed by atoms with Gasteiger partial charge >= 0.3 is 0 Å². The lowest BCUT2D eigenvalue weighted by atomic mass is 10.1. The molecule has 0 unspecified atom stereocenters. The molecule has 0 fully saturated rings. The molecule has 1 N–H and O–H groups in total. The third-order valence-corrected chi connectivity index (χ3v) is 5.93. The van der Waals surface area contributed by atoms with Crippen molar-refractivity contribution in [2.75, 3.05) is 12.1 Å².